The third-order valence-corrected chi connectivity index (χ3v) is 1.66. The molecule has 0 aliphatic carbocycles. The molecule has 1 N–H and O–H groups in total. The van der Waals surface area contributed by atoms with Gasteiger partial charge in [-0.3, -0.25) is 4.79 Å². The number of esters is 1. The van der Waals surface area contributed by atoms with Crippen LogP contribution in [0.3, 0.4) is 0 Å². The number of anilines is 1. The maximum Gasteiger partial charge on any atom is 0.321 e. The molecule has 0 saturated carbocycles. The average Bonchev–Trinajstić information content (AvgIpc) is 2.28. The Balaban J connectivity index is 2.53. The number of aryl methyl sites for hydroxylation is 1. The number of rotatable bonds is 5. The minimum atomic E-state index is -0.287. The molecule has 16 heavy (non-hydrogen) atoms. The van der Waals surface area contributed by atoms with E-state index in [9.17, 15) is 4.79 Å². The third-order valence-electron chi connectivity index (χ3n) is 1.66. The summed E-state index contributed by atoms with van der Waals surface area (Å²) in [4.78, 5) is 22.7. The van der Waals surface area contributed by atoms with Crippen LogP contribution in [-0.2, 0) is 9.53 Å². The van der Waals surface area contributed by atoms with Crippen molar-refractivity contribution in [3.8, 4) is 6.01 Å². The standard InChI is InChI=1S/C9H14N4O3/c1-4-7(14)16-5-10-8-11-6(2)12-9(13-8)15-3/h4-5H2,1-3H3,(H,10,11,12,13). The molecule has 0 bridgehead atoms. The van der Waals surface area contributed by atoms with Gasteiger partial charge in [-0.1, -0.05) is 6.92 Å². The van der Waals surface area contributed by atoms with Gasteiger partial charge in [-0.05, 0) is 6.92 Å². The minimum Gasteiger partial charge on any atom is -0.467 e. The third kappa shape index (κ3) is 3.68. The van der Waals surface area contributed by atoms with Crippen LogP contribution in [-0.4, -0.2) is 34.8 Å². The van der Waals surface area contributed by atoms with Crippen LogP contribution in [0.15, 0.2) is 0 Å². The predicted octanol–water partition coefficient (Wildman–Crippen LogP) is 0.511. The van der Waals surface area contributed by atoms with Gasteiger partial charge in [0.05, 0.1) is 7.11 Å². The van der Waals surface area contributed by atoms with Crippen molar-refractivity contribution in [1.82, 2.24) is 15.0 Å². The summed E-state index contributed by atoms with van der Waals surface area (Å²) in [6.45, 7) is 3.46. The molecule has 0 spiro atoms. The van der Waals surface area contributed by atoms with Gasteiger partial charge >= 0.3 is 12.0 Å². The molecule has 7 nitrogen and oxygen atoms in total. The number of nitrogens with zero attached hydrogens (tertiary/aromatic N) is 3. The Bertz CT molecular complexity index is 370. The van der Waals surface area contributed by atoms with Crippen molar-refractivity contribution in [2.75, 3.05) is 19.2 Å². The summed E-state index contributed by atoms with van der Waals surface area (Å²) in [5.41, 5.74) is 0. The molecular formula is C9H14N4O3. The maximum absolute atomic E-state index is 10.9. The van der Waals surface area contributed by atoms with E-state index in [2.05, 4.69) is 20.3 Å². The van der Waals surface area contributed by atoms with E-state index in [-0.39, 0.29) is 18.7 Å². The first-order valence-electron chi connectivity index (χ1n) is 4.82. The predicted molar refractivity (Wildman–Crippen MR) is 56.0 cm³/mol. The van der Waals surface area contributed by atoms with Gasteiger partial charge in [0.2, 0.25) is 5.95 Å². The fourth-order valence-corrected chi connectivity index (χ4v) is 0.911. The van der Waals surface area contributed by atoms with Crippen LogP contribution < -0.4 is 10.1 Å². The zero-order valence-electron chi connectivity index (χ0n) is 9.48. The topological polar surface area (TPSA) is 86.2 Å². The molecule has 0 aromatic carbocycles. The Morgan fingerprint density at radius 3 is 2.75 bits per heavy atom. The first-order valence-corrected chi connectivity index (χ1v) is 4.82. The molecule has 1 aromatic heterocycles. The summed E-state index contributed by atoms with van der Waals surface area (Å²) in [6.07, 6.45) is 0.335. The summed E-state index contributed by atoms with van der Waals surface area (Å²) in [5.74, 6) is 0.551. The van der Waals surface area contributed by atoms with E-state index in [1.54, 1.807) is 13.8 Å². The lowest BCUT2D eigenvalue weighted by Crippen LogP contribution is -2.14. The summed E-state index contributed by atoms with van der Waals surface area (Å²) in [5, 5.41) is 2.74. The molecule has 0 atom stereocenters. The van der Waals surface area contributed by atoms with Crippen LogP contribution in [0.25, 0.3) is 0 Å². The number of ether oxygens (including phenoxy) is 2. The molecule has 0 saturated heterocycles. The molecule has 0 fully saturated rings. The molecule has 0 aliphatic rings. The fourth-order valence-electron chi connectivity index (χ4n) is 0.911. The van der Waals surface area contributed by atoms with E-state index >= 15 is 0 Å². The normalized spacial score (nSPS) is 9.69. The average molecular weight is 226 g/mol. The van der Waals surface area contributed by atoms with Crippen molar-refractivity contribution in [2.24, 2.45) is 0 Å². The smallest absolute Gasteiger partial charge is 0.321 e. The second-order valence-electron chi connectivity index (χ2n) is 2.88. The highest BCUT2D eigenvalue weighted by molar-refractivity contribution is 5.68. The number of carbonyl (C=O) groups excluding carboxylic acids is 1. The summed E-state index contributed by atoms with van der Waals surface area (Å²) >= 11 is 0. The molecule has 0 radical (unpaired) electrons. The molecule has 1 heterocycles. The second-order valence-corrected chi connectivity index (χ2v) is 2.88. The van der Waals surface area contributed by atoms with Crippen LogP contribution in [0.1, 0.15) is 19.2 Å². The van der Waals surface area contributed by atoms with Gasteiger partial charge in [0.15, 0.2) is 6.73 Å². The molecule has 1 rings (SSSR count). The SMILES string of the molecule is CCC(=O)OCNc1nc(C)nc(OC)n1. The van der Waals surface area contributed by atoms with Crippen LogP contribution in [0.5, 0.6) is 6.01 Å². The van der Waals surface area contributed by atoms with Crippen molar-refractivity contribution < 1.29 is 14.3 Å². The maximum atomic E-state index is 10.9. The van der Waals surface area contributed by atoms with Crippen LogP contribution in [0, 0.1) is 6.92 Å². The summed E-state index contributed by atoms with van der Waals surface area (Å²) in [7, 11) is 1.47. The number of hydrogen-bond acceptors (Lipinski definition) is 7. The van der Waals surface area contributed by atoms with Gasteiger partial charge in [0.1, 0.15) is 5.82 Å². The molecule has 1 aromatic rings. The van der Waals surface area contributed by atoms with Crippen LogP contribution in [0.4, 0.5) is 5.95 Å². The van der Waals surface area contributed by atoms with Gasteiger partial charge in [0.25, 0.3) is 0 Å². The Morgan fingerprint density at radius 1 is 1.38 bits per heavy atom. The summed E-state index contributed by atoms with van der Waals surface area (Å²) < 4.78 is 9.69. The van der Waals surface area contributed by atoms with Crippen molar-refractivity contribution in [3.05, 3.63) is 5.82 Å². The molecular weight excluding hydrogens is 212 g/mol. The Morgan fingerprint density at radius 2 is 2.12 bits per heavy atom. The van der Waals surface area contributed by atoms with Crippen molar-refractivity contribution >= 4 is 11.9 Å². The zero-order chi connectivity index (χ0) is 12.0. The monoisotopic (exact) mass is 226 g/mol. The molecule has 0 amide bonds. The largest absolute Gasteiger partial charge is 0.467 e. The molecule has 0 unspecified atom stereocenters. The van der Waals surface area contributed by atoms with E-state index in [1.807, 2.05) is 0 Å². The zero-order valence-corrected chi connectivity index (χ0v) is 9.48. The highest BCUT2D eigenvalue weighted by atomic mass is 16.5. The first kappa shape index (κ1) is 12.2. The highest BCUT2D eigenvalue weighted by Gasteiger charge is 2.04. The Labute approximate surface area is 93.2 Å². The number of nitrogens with one attached hydrogen (secondary N) is 1. The van der Waals surface area contributed by atoms with Gasteiger partial charge in [-0.2, -0.15) is 15.0 Å². The van der Waals surface area contributed by atoms with Crippen molar-refractivity contribution in [3.63, 3.8) is 0 Å². The van der Waals surface area contributed by atoms with E-state index in [1.165, 1.54) is 7.11 Å². The fraction of sp³-hybridized carbons (Fsp3) is 0.556. The van der Waals surface area contributed by atoms with Gasteiger partial charge < -0.3 is 14.8 Å². The number of carbonyl (C=O) groups is 1. The van der Waals surface area contributed by atoms with E-state index in [0.717, 1.165) is 0 Å². The Kier molecular flexibility index (Phi) is 4.43. The van der Waals surface area contributed by atoms with Crippen molar-refractivity contribution in [1.29, 1.82) is 0 Å². The molecule has 0 aliphatic heterocycles. The molecule has 88 valence electrons. The van der Waals surface area contributed by atoms with Crippen LogP contribution >= 0.6 is 0 Å². The highest BCUT2D eigenvalue weighted by Crippen LogP contribution is 2.05. The lowest BCUT2D eigenvalue weighted by molar-refractivity contribution is -0.142. The van der Waals surface area contributed by atoms with E-state index in [4.69, 9.17) is 9.47 Å². The van der Waals surface area contributed by atoms with Gasteiger partial charge in [-0.15, -0.1) is 0 Å². The summed E-state index contributed by atoms with van der Waals surface area (Å²) in [6, 6.07) is 0.219. The minimum absolute atomic E-state index is 0.0271. The Hall–Kier alpha value is -1.92. The molecule has 7 heteroatoms. The van der Waals surface area contributed by atoms with E-state index < -0.39 is 0 Å². The lowest BCUT2D eigenvalue weighted by atomic mass is 10.5. The number of hydrogen-bond donors (Lipinski definition) is 1. The van der Waals surface area contributed by atoms with Gasteiger partial charge in [-0.25, -0.2) is 0 Å². The lowest BCUT2D eigenvalue weighted by Gasteiger charge is -2.06. The van der Waals surface area contributed by atoms with Crippen LogP contribution in [0.2, 0.25) is 0 Å². The quantitative estimate of drug-likeness (QED) is 0.578. The second kappa shape index (κ2) is 5.84. The van der Waals surface area contributed by atoms with E-state index in [0.29, 0.717) is 18.2 Å². The van der Waals surface area contributed by atoms with Crippen molar-refractivity contribution in [2.45, 2.75) is 20.3 Å². The van der Waals surface area contributed by atoms with Gasteiger partial charge in [0, 0.05) is 6.42 Å². The number of aromatic nitrogens is 3. The number of methoxy groups -OCH3 is 1. The first-order chi connectivity index (χ1) is 7.65.